The van der Waals surface area contributed by atoms with Gasteiger partial charge in [0.1, 0.15) is 0 Å². The molecule has 0 aliphatic carbocycles. The highest BCUT2D eigenvalue weighted by Gasteiger charge is 2.09. The van der Waals surface area contributed by atoms with Gasteiger partial charge in [-0.2, -0.15) is 0 Å². The van der Waals surface area contributed by atoms with Crippen molar-refractivity contribution in [1.29, 1.82) is 0 Å². The first-order chi connectivity index (χ1) is 9.79. The fourth-order valence-corrected chi connectivity index (χ4v) is 3.11. The number of thioether (sulfide) groups is 1. The number of anilines is 1. The zero-order valence-corrected chi connectivity index (χ0v) is 12.7. The Labute approximate surface area is 125 Å². The molecule has 0 unspecified atom stereocenters. The Morgan fingerprint density at radius 2 is 2.15 bits per heavy atom. The quantitative estimate of drug-likeness (QED) is 0.459. The molecule has 2 rings (SSSR count). The third-order valence-electron chi connectivity index (χ3n) is 2.41. The minimum Gasteiger partial charge on any atom is -0.383 e. The second kappa shape index (κ2) is 7.98. The van der Waals surface area contributed by atoms with E-state index in [-0.39, 0.29) is 5.78 Å². The summed E-state index contributed by atoms with van der Waals surface area (Å²) in [4.78, 5) is 11.9. The van der Waals surface area contributed by atoms with Crippen molar-refractivity contribution >= 4 is 34.0 Å². The Kier molecular flexibility index (Phi) is 5.97. The number of ketones is 1. The molecule has 0 aliphatic heterocycles. The zero-order chi connectivity index (χ0) is 14.2. The van der Waals surface area contributed by atoms with Crippen molar-refractivity contribution in [1.82, 2.24) is 10.2 Å². The van der Waals surface area contributed by atoms with Gasteiger partial charge in [-0.15, -0.1) is 10.2 Å². The van der Waals surface area contributed by atoms with E-state index in [0.29, 0.717) is 18.9 Å². The lowest BCUT2D eigenvalue weighted by Gasteiger charge is -1.99. The lowest BCUT2D eigenvalue weighted by molar-refractivity contribution is 0.102. The lowest BCUT2D eigenvalue weighted by atomic mass is 10.2. The van der Waals surface area contributed by atoms with Gasteiger partial charge in [0.2, 0.25) is 5.13 Å². The Hall–Kier alpha value is -1.44. The molecule has 5 nitrogen and oxygen atoms in total. The minimum absolute atomic E-state index is 0.0969. The standard InChI is InChI=1S/C13H15N3O2S2/c1-18-8-7-14-12-15-16-13(20-12)19-9-11(17)10-5-3-2-4-6-10/h2-6H,7-9H2,1H3,(H,14,15). The van der Waals surface area contributed by atoms with Crippen molar-refractivity contribution in [3.8, 4) is 0 Å². The van der Waals surface area contributed by atoms with Crippen LogP contribution in [0.25, 0.3) is 0 Å². The first-order valence-electron chi connectivity index (χ1n) is 6.07. The molecule has 0 aliphatic rings. The molecular formula is C13H15N3O2S2. The highest BCUT2D eigenvalue weighted by molar-refractivity contribution is 8.01. The summed E-state index contributed by atoms with van der Waals surface area (Å²) in [7, 11) is 1.65. The number of aromatic nitrogens is 2. The minimum atomic E-state index is 0.0969. The molecule has 7 heteroatoms. The molecule has 1 N–H and O–H groups in total. The molecule has 106 valence electrons. The molecule has 0 atom stereocenters. The number of Topliss-reactive ketones (excluding diaryl/α,β-unsaturated/α-hetero) is 1. The predicted octanol–water partition coefficient (Wildman–Crippen LogP) is 2.57. The first-order valence-corrected chi connectivity index (χ1v) is 7.87. The highest BCUT2D eigenvalue weighted by atomic mass is 32.2. The van der Waals surface area contributed by atoms with E-state index in [1.807, 2.05) is 30.3 Å². The van der Waals surface area contributed by atoms with Crippen LogP contribution in [0.3, 0.4) is 0 Å². The van der Waals surface area contributed by atoms with Crippen LogP contribution in [-0.2, 0) is 4.74 Å². The molecule has 2 aromatic rings. The van der Waals surface area contributed by atoms with Gasteiger partial charge in [0.25, 0.3) is 0 Å². The van der Waals surface area contributed by atoms with Crippen molar-refractivity contribution in [3.63, 3.8) is 0 Å². The number of ether oxygens (including phenoxy) is 1. The molecule has 0 saturated carbocycles. The highest BCUT2D eigenvalue weighted by Crippen LogP contribution is 2.25. The zero-order valence-electron chi connectivity index (χ0n) is 11.0. The van der Waals surface area contributed by atoms with Gasteiger partial charge < -0.3 is 10.1 Å². The monoisotopic (exact) mass is 309 g/mol. The predicted molar refractivity (Wildman–Crippen MR) is 81.8 cm³/mol. The number of hydrogen-bond acceptors (Lipinski definition) is 7. The van der Waals surface area contributed by atoms with Crippen LogP contribution >= 0.6 is 23.1 Å². The topological polar surface area (TPSA) is 64.1 Å². The van der Waals surface area contributed by atoms with Gasteiger partial charge in [0, 0.05) is 19.2 Å². The van der Waals surface area contributed by atoms with Crippen LogP contribution in [-0.4, -0.2) is 42.0 Å². The van der Waals surface area contributed by atoms with Crippen LogP contribution in [0.2, 0.25) is 0 Å². The van der Waals surface area contributed by atoms with Crippen molar-refractivity contribution in [2.75, 3.05) is 31.3 Å². The number of benzene rings is 1. The van der Waals surface area contributed by atoms with Crippen LogP contribution in [0, 0.1) is 0 Å². The molecule has 1 aromatic heterocycles. The van der Waals surface area contributed by atoms with E-state index < -0.39 is 0 Å². The maximum absolute atomic E-state index is 11.9. The van der Waals surface area contributed by atoms with E-state index in [4.69, 9.17) is 4.74 Å². The number of nitrogens with zero attached hydrogens (tertiary/aromatic N) is 2. The summed E-state index contributed by atoms with van der Waals surface area (Å²) >= 11 is 2.85. The fraction of sp³-hybridized carbons (Fsp3) is 0.308. The van der Waals surface area contributed by atoms with Crippen molar-refractivity contribution in [2.45, 2.75) is 4.34 Å². The molecule has 20 heavy (non-hydrogen) atoms. The third-order valence-corrected chi connectivity index (χ3v) is 4.43. The van der Waals surface area contributed by atoms with Crippen LogP contribution in [0.1, 0.15) is 10.4 Å². The number of nitrogens with one attached hydrogen (secondary N) is 1. The molecular weight excluding hydrogens is 294 g/mol. The summed E-state index contributed by atoms with van der Waals surface area (Å²) in [6.45, 7) is 1.31. The van der Waals surface area contributed by atoms with Crippen LogP contribution in [0.15, 0.2) is 34.7 Å². The normalized spacial score (nSPS) is 10.4. The third kappa shape index (κ3) is 4.59. The van der Waals surface area contributed by atoms with E-state index in [1.165, 1.54) is 23.1 Å². The average molecular weight is 309 g/mol. The molecule has 0 radical (unpaired) electrons. The molecule has 0 spiro atoms. The van der Waals surface area contributed by atoms with E-state index in [0.717, 1.165) is 15.0 Å². The SMILES string of the molecule is COCCNc1nnc(SCC(=O)c2ccccc2)s1. The largest absolute Gasteiger partial charge is 0.383 e. The van der Waals surface area contributed by atoms with E-state index in [9.17, 15) is 4.79 Å². The van der Waals surface area contributed by atoms with E-state index in [2.05, 4.69) is 15.5 Å². The number of hydrogen-bond donors (Lipinski definition) is 1. The molecule has 1 aromatic carbocycles. The van der Waals surface area contributed by atoms with Crippen LogP contribution < -0.4 is 5.32 Å². The lowest BCUT2D eigenvalue weighted by Crippen LogP contribution is -2.06. The fourth-order valence-electron chi connectivity index (χ4n) is 1.43. The average Bonchev–Trinajstić information content (AvgIpc) is 2.94. The summed E-state index contributed by atoms with van der Waals surface area (Å²) in [6, 6.07) is 9.26. The van der Waals surface area contributed by atoms with E-state index in [1.54, 1.807) is 7.11 Å². The second-order valence-corrected chi connectivity index (χ2v) is 6.07. The van der Waals surface area contributed by atoms with Gasteiger partial charge in [0.15, 0.2) is 10.1 Å². The Morgan fingerprint density at radius 1 is 1.35 bits per heavy atom. The van der Waals surface area contributed by atoms with Crippen molar-refractivity contribution < 1.29 is 9.53 Å². The smallest absolute Gasteiger partial charge is 0.206 e. The van der Waals surface area contributed by atoms with Gasteiger partial charge >= 0.3 is 0 Å². The number of rotatable bonds is 8. The van der Waals surface area contributed by atoms with Gasteiger partial charge in [0.05, 0.1) is 12.4 Å². The number of carbonyl (C=O) groups excluding carboxylic acids is 1. The summed E-state index contributed by atoms with van der Waals surface area (Å²) in [6.07, 6.45) is 0. The molecule has 0 fully saturated rings. The maximum Gasteiger partial charge on any atom is 0.206 e. The van der Waals surface area contributed by atoms with Gasteiger partial charge in [-0.3, -0.25) is 4.79 Å². The van der Waals surface area contributed by atoms with Gasteiger partial charge in [-0.05, 0) is 0 Å². The van der Waals surface area contributed by atoms with Crippen molar-refractivity contribution in [3.05, 3.63) is 35.9 Å². The summed E-state index contributed by atoms with van der Waals surface area (Å²) in [5.41, 5.74) is 0.725. The van der Waals surface area contributed by atoms with Crippen molar-refractivity contribution in [2.24, 2.45) is 0 Å². The maximum atomic E-state index is 11.9. The Balaban J connectivity index is 1.81. The number of methoxy groups -OCH3 is 1. The summed E-state index contributed by atoms with van der Waals surface area (Å²) in [5, 5.41) is 11.9. The first kappa shape index (κ1) is 15.0. The summed E-state index contributed by atoms with van der Waals surface area (Å²) in [5.74, 6) is 0.469. The number of carbonyl (C=O) groups is 1. The molecule has 0 bridgehead atoms. The van der Waals surface area contributed by atoms with E-state index >= 15 is 0 Å². The summed E-state index contributed by atoms with van der Waals surface area (Å²) < 4.78 is 5.73. The Bertz CT molecular complexity index is 546. The van der Waals surface area contributed by atoms with Crippen LogP contribution in [0.4, 0.5) is 5.13 Å². The Morgan fingerprint density at radius 3 is 2.90 bits per heavy atom. The molecule has 0 amide bonds. The molecule has 1 heterocycles. The van der Waals surface area contributed by atoms with Gasteiger partial charge in [-0.25, -0.2) is 0 Å². The molecule has 0 saturated heterocycles. The van der Waals surface area contributed by atoms with Gasteiger partial charge in [-0.1, -0.05) is 53.4 Å². The van der Waals surface area contributed by atoms with Crippen LogP contribution in [0.5, 0.6) is 0 Å². The second-order valence-electron chi connectivity index (χ2n) is 3.87.